The molecule has 1 saturated heterocycles. The van der Waals surface area contributed by atoms with Crippen LogP contribution in [0.4, 0.5) is 0 Å². The van der Waals surface area contributed by atoms with Crippen LogP contribution in [-0.4, -0.2) is 58.3 Å². The van der Waals surface area contributed by atoms with Crippen LogP contribution >= 0.6 is 0 Å². The van der Waals surface area contributed by atoms with Gasteiger partial charge in [0.1, 0.15) is 6.54 Å². The van der Waals surface area contributed by atoms with Gasteiger partial charge in [-0.05, 0) is 12.1 Å². The molecule has 7 nitrogen and oxygen atoms in total. The quantitative estimate of drug-likeness (QED) is 0.789. The van der Waals surface area contributed by atoms with Crippen LogP contribution in [0.1, 0.15) is 10.6 Å². The highest BCUT2D eigenvalue weighted by molar-refractivity contribution is 5.95. The van der Waals surface area contributed by atoms with Crippen LogP contribution in [0.2, 0.25) is 0 Å². The Kier molecular flexibility index (Phi) is 3.17. The molecule has 2 amide bonds. The molecule has 1 N–H and O–H groups in total. The number of carbonyl (C=O) groups excluding carboxylic acids is 2. The minimum absolute atomic E-state index is 0.00582. The molecule has 1 fully saturated rings. The molecular formula is C14H14N4O3. The summed E-state index contributed by atoms with van der Waals surface area (Å²) in [7, 11) is 1.69. The summed E-state index contributed by atoms with van der Waals surface area (Å²) in [4.78, 5) is 45.6. The fourth-order valence-corrected chi connectivity index (χ4v) is 2.27. The number of nitrogens with one attached hydrogen (secondary N) is 1. The van der Waals surface area contributed by atoms with E-state index in [1.54, 1.807) is 36.2 Å². The number of H-pyrrole nitrogens is 1. The van der Waals surface area contributed by atoms with Crippen LogP contribution in [0.15, 0.2) is 29.1 Å². The number of rotatable bonds is 1. The van der Waals surface area contributed by atoms with Gasteiger partial charge in [-0.1, -0.05) is 12.1 Å². The average molecular weight is 286 g/mol. The number of likely N-dealkylation sites (N-methyl/N-ethyl adjacent to an activating group) is 1. The van der Waals surface area contributed by atoms with E-state index in [4.69, 9.17) is 0 Å². The normalized spacial score (nSPS) is 15.6. The van der Waals surface area contributed by atoms with Crippen molar-refractivity contribution in [3.63, 3.8) is 0 Å². The first-order valence-electron chi connectivity index (χ1n) is 6.58. The van der Waals surface area contributed by atoms with Crippen molar-refractivity contribution in [1.82, 2.24) is 19.8 Å². The van der Waals surface area contributed by atoms with Crippen molar-refractivity contribution in [1.29, 1.82) is 0 Å². The zero-order valence-corrected chi connectivity index (χ0v) is 11.5. The molecular weight excluding hydrogens is 272 g/mol. The molecule has 0 saturated carbocycles. The van der Waals surface area contributed by atoms with Gasteiger partial charge in [-0.15, -0.1) is 0 Å². The molecule has 0 aliphatic carbocycles. The predicted octanol–water partition coefficient (Wildman–Crippen LogP) is -0.163. The van der Waals surface area contributed by atoms with Crippen molar-refractivity contribution in [3.8, 4) is 0 Å². The van der Waals surface area contributed by atoms with Gasteiger partial charge < -0.3 is 14.8 Å². The van der Waals surface area contributed by atoms with E-state index >= 15 is 0 Å². The van der Waals surface area contributed by atoms with E-state index in [0.717, 1.165) is 0 Å². The molecule has 2 heterocycles. The number of aromatic nitrogens is 2. The summed E-state index contributed by atoms with van der Waals surface area (Å²) < 4.78 is 0. The molecule has 2 aromatic rings. The van der Waals surface area contributed by atoms with Crippen molar-refractivity contribution in [3.05, 3.63) is 40.4 Å². The summed E-state index contributed by atoms with van der Waals surface area (Å²) in [6.07, 6.45) is 0. The summed E-state index contributed by atoms with van der Waals surface area (Å²) in [5.41, 5.74) is 0.106. The van der Waals surface area contributed by atoms with Gasteiger partial charge in [0.2, 0.25) is 5.91 Å². The Morgan fingerprint density at radius 2 is 2.00 bits per heavy atom. The Morgan fingerprint density at radius 3 is 2.76 bits per heavy atom. The molecule has 1 aromatic carbocycles. The summed E-state index contributed by atoms with van der Waals surface area (Å²) in [6.45, 7) is 0.909. The lowest BCUT2D eigenvalue weighted by molar-refractivity contribution is -0.133. The number of para-hydroxylation sites is 1. The smallest absolute Gasteiger partial charge is 0.290 e. The maximum absolute atomic E-state index is 12.4. The van der Waals surface area contributed by atoms with Gasteiger partial charge in [0, 0.05) is 20.1 Å². The Labute approximate surface area is 120 Å². The Bertz CT molecular complexity index is 783. The maximum Gasteiger partial charge on any atom is 0.290 e. The predicted molar refractivity (Wildman–Crippen MR) is 75.9 cm³/mol. The Balaban J connectivity index is 1.95. The highest BCUT2D eigenvalue weighted by Gasteiger charge is 2.27. The molecule has 0 atom stereocenters. The zero-order valence-electron chi connectivity index (χ0n) is 11.5. The van der Waals surface area contributed by atoms with Crippen molar-refractivity contribution < 1.29 is 9.59 Å². The highest BCUT2D eigenvalue weighted by atomic mass is 16.2. The number of benzene rings is 1. The van der Waals surface area contributed by atoms with Crippen molar-refractivity contribution >= 4 is 22.7 Å². The second kappa shape index (κ2) is 5.01. The Morgan fingerprint density at radius 1 is 1.24 bits per heavy atom. The van der Waals surface area contributed by atoms with Crippen molar-refractivity contribution in [2.75, 3.05) is 26.7 Å². The van der Waals surface area contributed by atoms with Gasteiger partial charge in [-0.2, -0.15) is 0 Å². The van der Waals surface area contributed by atoms with E-state index in [2.05, 4.69) is 9.97 Å². The van der Waals surface area contributed by atoms with E-state index in [1.807, 2.05) is 0 Å². The molecule has 21 heavy (non-hydrogen) atoms. The van der Waals surface area contributed by atoms with E-state index in [0.29, 0.717) is 24.0 Å². The van der Waals surface area contributed by atoms with Crippen molar-refractivity contribution in [2.24, 2.45) is 0 Å². The number of hydrogen-bond donors (Lipinski definition) is 1. The lowest BCUT2D eigenvalue weighted by Crippen LogP contribution is -2.51. The van der Waals surface area contributed by atoms with Gasteiger partial charge >= 0.3 is 0 Å². The second-order valence-electron chi connectivity index (χ2n) is 4.97. The molecule has 1 aliphatic heterocycles. The molecule has 1 aliphatic rings. The lowest BCUT2D eigenvalue weighted by atomic mass is 10.2. The molecule has 0 unspecified atom stereocenters. The summed E-state index contributed by atoms with van der Waals surface area (Å²) in [6, 6.07) is 6.81. The van der Waals surface area contributed by atoms with Crippen LogP contribution in [-0.2, 0) is 4.79 Å². The van der Waals surface area contributed by atoms with Crippen LogP contribution < -0.4 is 5.56 Å². The van der Waals surface area contributed by atoms with Crippen LogP contribution in [0.25, 0.3) is 10.9 Å². The largest absolute Gasteiger partial charge is 0.342 e. The van der Waals surface area contributed by atoms with Crippen LogP contribution in [0.3, 0.4) is 0 Å². The van der Waals surface area contributed by atoms with Gasteiger partial charge in [0.15, 0.2) is 5.82 Å². The number of hydrogen-bond acceptors (Lipinski definition) is 4. The van der Waals surface area contributed by atoms with Gasteiger partial charge in [0.05, 0.1) is 10.9 Å². The first kappa shape index (κ1) is 13.3. The van der Waals surface area contributed by atoms with E-state index in [9.17, 15) is 14.4 Å². The third-order valence-corrected chi connectivity index (χ3v) is 3.56. The third-order valence-electron chi connectivity index (χ3n) is 3.56. The fourth-order valence-electron chi connectivity index (χ4n) is 2.27. The lowest BCUT2D eigenvalue weighted by Gasteiger charge is -2.31. The summed E-state index contributed by atoms with van der Waals surface area (Å²) in [5, 5.41) is 0.434. The maximum atomic E-state index is 12.4. The van der Waals surface area contributed by atoms with Crippen LogP contribution in [0, 0.1) is 0 Å². The first-order valence-corrected chi connectivity index (χ1v) is 6.58. The number of piperazine rings is 1. The summed E-state index contributed by atoms with van der Waals surface area (Å²) >= 11 is 0. The fraction of sp³-hybridized carbons (Fsp3) is 0.286. The zero-order chi connectivity index (χ0) is 15.0. The highest BCUT2D eigenvalue weighted by Crippen LogP contribution is 2.09. The topological polar surface area (TPSA) is 86.4 Å². The van der Waals surface area contributed by atoms with E-state index < -0.39 is 5.91 Å². The van der Waals surface area contributed by atoms with Gasteiger partial charge in [-0.25, -0.2) is 4.98 Å². The summed E-state index contributed by atoms with van der Waals surface area (Å²) in [5.74, 6) is -0.590. The second-order valence-corrected chi connectivity index (χ2v) is 4.97. The van der Waals surface area contributed by atoms with E-state index in [-0.39, 0.29) is 23.8 Å². The number of amides is 2. The molecule has 3 rings (SSSR count). The minimum atomic E-state index is -0.431. The minimum Gasteiger partial charge on any atom is -0.342 e. The van der Waals surface area contributed by atoms with Gasteiger partial charge in [0.25, 0.3) is 11.5 Å². The number of carbonyl (C=O) groups is 2. The molecule has 0 bridgehead atoms. The molecule has 7 heteroatoms. The van der Waals surface area contributed by atoms with Crippen LogP contribution in [0.5, 0.6) is 0 Å². The number of fused-ring (bicyclic) bond motifs is 1. The molecule has 1 aromatic heterocycles. The van der Waals surface area contributed by atoms with Gasteiger partial charge in [-0.3, -0.25) is 14.4 Å². The first-order chi connectivity index (χ1) is 10.1. The monoisotopic (exact) mass is 286 g/mol. The number of nitrogens with zero attached hydrogens (tertiary/aromatic N) is 3. The molecule has 0 radical (unpaired) electrons. The van der Waals surface area contributed by atoms with Crippen molar-refractivity contribution in [2.45, 2.75) is 0 Å². The molecule has 108 valence electrons. The SMILES string of the molecule is CN1CCN(C(=O)c2nc3ccccc3c(=O)[nH]2)CC1=O. The standard InChI is InChI=1S/C14H14N4O3/c1-17-6-7-18(8-11(17)19)14(21)12-15-10-5-3-2-4-9(10)13(20)16-12/h2-5H,6-8H2,1H3,(H,15,16,20). The Hall–Kier alpha value is -2.70. The molecule has 0 spiro atoms. The third kappa shape index (κ3) is 2.37. The van der Waals surface area contributed by atoms with E-state index in [1.165, 1.54) is 4.90 Å². The average Bonchev–Trinajstić information content (AvgIpc) is 2.49. The number of aromatic amines is 1.